The van der Waals surface area contributed by atoms with E-state index in [4.69, 9.17) is 0 Å². The number of nitrogens with zero attached hydrogens (tertiary/aromatic N) is 4. The Labute approximate surface area is 123 Å². The number of thioether (sulfide) groups is 1. The molecule has 0 saturated heterocycles. The summed E-state index contributed by atoms with van der Waals surface area (Å²) < 4.78 is 2.15. The molecule has 7 heteroatoms. The third-order valence-corrected chi connectivity index (χ3v) is 4.78. The maximum absolute atomic E-state index is 12.3. The molecule has 0 unspecified atom stereocenters. The minimum Gasteiger partial charge on any atom is -0.265 e. The summed E-state index contributed by atoms with van der Waals surface area (Å²) in [5.74, 6) is 0. The summed E-state index contributed by atoms with van der Waals surface area (Å²) in [6.45, 7) is 2.03. The summed E-state index contributed by atoms with van der Waals surface area (Å²) in [5.41, 5.74) is 2.47. The highest BCUT2D eigenvalue weighted by atomic mass is 32.2. The van der Waals surface area contributed by atoms with Gasteiger partial charge in [0, 0.05) is 6.42 Å². The third-order valence-electron chi connectivity index (χ3n) is 2.90. The van der Waals surface area contributed by atoms with Gasteiger partial charge in [0.2, 0.25) is 4.96 Å². The molecule has 0 saturated carbocycles. The molecule has 0 aliphatic rings. The summed E-state index contributed by atoms with van der Waals surface area (Å²) in [5, 5.41) is 12.4. The molecule has 0 aliphatic carbocycles. The monoisotopic (exact) mass is 304 g/mol. The van der Waals surface area contributed by atoms with Crippen molar-refractivity contribution in [3.63, 3.8) is 0 Å². The van der Waals surface area contributed by atoms with Gasteiger partial charge in [0.25, 0.3) is 5.56 Å². The van der Waals surface area contributed by atoms with Crippen LogP contribution in [0.3, 0.4) is 0 Å². The zero-order valence-corrected chi connectivity index (χ0v) is 12.7. The molecule has 0 N–H and O–H groups in total. The Morgan fingerprint density at radius 2 is 2.00 bits per heavy atom. The van der Waals surface area contributed by atoms with Crippen molar-refractivity contribution in [2.45, 2.75) is 17.7 Å². The van der Waals surface area contributed by atoms with Gasteiger partial charge in [0.05, 0.1) is 0 Å². The molecule has 3 aromatic rings. The lowest BCUT2D eigenvalue weighted by Crippen LogP contribution is -2.22. The molecular formula is C13H12N4OS2. The maximum atomic E-state index is 12.3. The molecule has 2 aromatic heterocycles. The van der Waals surface area contributed by atoms with Gasteiger partial charge < -0.3 is 0 Å². The van der Waals surface area contributed by atoms with E-state index in [0.717, 1.165) is 9.90 Å². The normalized spacial score (nSPS) is 11.1. The summed E-state index contributed by atoms with van der Waals surface area (Å²) in [6, 6.07) is 8.04. The number of hydrogen-bond acceptors (Lipinski definition) is 6. The topological polar surface area (TPSA) is 60.2 Å². The van der Waals surface area contributed by atoms with Crippen LogP contribution in [0.5, 0.6) is 0 Å². The molecule has 5 nitrogen and oxygen atoms in total. The number of fused-ring (bicyclic) bond motifs is 1. The highest BCUT2D eigenvalue weighted by Gasteiger charge is 2.11. The van der Waals surface area contributed by atoms with E-state index >= 15 is 0 Å². The van der Waals surface area contributed by atoms with Crippen LogP contribution in [-0.2, 0) is 6.42 Å². The molecule has 102 valence electrons. The molecule has 0 radical (unpaired) electrons. The highest BCUT2D eigenvalue weighted by molar-refractivity contribution is 8.00. The van der Waals surface area contributed by atoms with Crippen LogP contribution in [0.4, 0.5) is 0 Å². The van der Waals surface area contributed by atoms with E-state index in [2.05, 4.69) is 15.3 Å². The van der Waals surface area contributed by atoms with Gasteiger partial charge in [-0.1, -0.05) is 52.9 Å². The van der Waals surface area contributed by atoms with E-state index in [1.165, 1.54) is 33.2 Å². The molecule has 0 spiro atoms. The fourth-order valence-corrected chi connectivity index (χ4v) is 3.11. The van der Waals surface area contributed by atoms with Gasteiger partial charge in [-0.15, -0.1) is 15.3 Å². The first-order chi connectivity index (χ1) is 9.67. The first-order valence-electron chi connectivity index (χ1n) is 6.02. The van der Waals surface area contributed by atoms with Gasteiger partial charge in [0.15, 0.2) is 4.34 Å². The van der Waals surface area contributed by atoms with E-state index in [-0.39, 0.29) is 5.56 Å². The average molecular weight is 304 g/mol. The van der Waals surface area contributed by atoms with Gasteiger partial charge >= 0.3 is 0 Å². The number of benzene rings is 1. The Kier molecular flexibility index (Phi) is 3.54. The maximum Gasteiger partial charge on any atom is 0.297 e. The van der Waals surface area contributed by atoms with Crippen molar-refractivity contribution in [3.8, 4) is 0 Å². The molecule has 0 atom stereocenters. The summed E-state index contributed by atoms with van der Waals surface area (Å²) in [6.07, 6.45) is 2.39. The Morgan fingerprint density at radius 1 is 1.25 bits per heavy atom. The van der Waals surface area contributed by atoms with Gasteiger partial charge in [-0.25, -0.2) is 0 Å². The van der Waals surface area contributed by atoms with Crippen LogP contribution in [0.25, 0.3) is 4.96 Å². The second-order valence-electron chi connectivity index (χ2n) is 4.38. The van der Waals surface area contributed by atoms with Crippen LogP contribution in [0.2, 0.25) is 0 Å². The van der Waals surface area contributed by atoms with E-state index in [1.54, 1.807) is 0 Å². The Morgan fingerprint density at radius 3 is 2.70 bits per heavy atom. The lowest BCUT2D eigenvalue weighted by atomic mass is 10.1. The summed E-state index contributed by atoms with van der Waals surface area (Å²) in [4.78, 5) is 12.9. The largest absolute Gasteiger partial charge is 0.297 e. The van der Waals surface area contributed by atoms with Crippen molar-refractivity contribution in [2.24, 2.45) is 0 Å². The number of rotatable bonds is 3. The number of aryl methyl sites for hydroxylation is 1. The summed E-state index contributed by atoms with van der Waals surface area (Å²) >= 11 is 2.86. The van der Waals surface area contributed by atoms with Gasteiger partial charge in [0.1, 0.15) is 5.69 Å². The molecular weight excluding hydrogens is 292 g/mol. The van der Waals surface area contributed by atoms with E-state index < -0.39 is 0 Å². The van der Waals surface area contributed by atoms with Crippen molar-refractivity contribution in [2.75, 3.05) is 6.26 Å². The van der Waals surface area contributed by atoms with E-state index in [9.17, 15) is 4.79 Å². The Bertz CT molecular complexity index is 807. The van der Waals surface area contributed by atoms with Crippen molar-refractivity contribution < 1.29 is 0 Å². The Hall–Kier alpha value is -1.73. The molecule has 2 heterocycles. The second-order valence-corrected chi connectivity index (χ2v) is 6.39. The van der Waals surface area contributed by atoms with Crippen LogP contribution < -0.4 is 5.56 Å². The summed E-state index contributed by atoms with van der Waals surface area (Å²) in [7, 11) is 0. The molecule has 1 aromatic carbocycles. The smallest absolute Gasteiger partial charge is 0.265 e. The minimum atomic E-state index is -0.188. The second kappa shape index (κ2) is 5.34. The van der Waals surface area contributed by atoms with Crippen molar-refractivity contribution in [3.05, 3.63) is 51.4 Å². The van der Waals surface area contributed by atoms with E-state index in [1.807, 2.05) is 37.4 Å². The first kappa shape index (κ1) is 13.3. The lowest BCUT2D eigenvalue weighted by molar-refractivity contribution is 0.788. The third kappa shape index (κ3) is 2.46. The predicted octanol–water partition coefficient (Wildman–Crippen LogP) is 2.17. The predicted molar refractivity (Wildman–Crippen MR) is 80.7 cm³/mol. The SMILES string of the molecule is CSc1nn2c(=O)c(Cc3ccc(C)cc3)nnc2s1. The first-order valence-corrected chi connectivity index (χ1v) is 8.06. The molecule has 0 fully saturated rings. The minimum absolute atomic E-state index is 0.188. The highest BCUT2D eigenvalue weighted by Crippen LogP contribution is 2.19. The zero-order valence-electron chi connectivity index (χ0n) is 11.0. The van der Waals surface area contributed by atoms with Crippen LogP contribution in [0.15, 0.2) is 33.4 Å². The van der Waals surface area contributed by atoms with E-state index in [0.29, 0.717) is 17.1 Å². The standard InChI is InChI=1S/C13H12N4OS2/c1-8-3-5-9(6-4-8)7-10-11(18)17-12(15-14-10)20-13(16-17)19-2/h3-6H,7H2,1-2H3. The van der Waals surface area contributed by atoms with Crippen molar-refractivity contribution >= 4 is 28.1 Å². The van der Waals surface area contributed by atoms with Gasteiger partial charge in [-0.05, 0) is 18.7 Å². The number of hydrogen-bond donors (Lipinski definition) is 0. The van der Waals surface area contributed by atoms with Crippen LogP contribution in [0, 0.1) is 6.92 Å². The fourth-order valence-electron chi connectivity index (χ4n) is 1.82. The van der Waals surface area contributed by atoms with Crippen LogP contribution in [-0.4, -0.2) is 26.1 Å². The average Bonchev–Trinajstić information content (AvgIpc) is 2.88. The Balaban J connectivity index is 2.01. The molecule has 0 bridgehead atoms. The lowest BCUT2D eigenvalue weighted by Gasteiger charge is -2.00. The molecule has 0 aliphatic heterocycles. The van der Waals surface area contributed by atoms with Gasteiger partial charge in [-0.2, -0.15) is 4.52 Å². The zero-order chi connectivity index (χ0) is 14.1. The molecule has 3 rings (SSSR count). The molecule has 0 amide bonds. The van der Waals surface area contributed by atoms with Crippen LogP contribution in [0.1, 0.15) is 16.8 Å². The molecule has 20 heavy (non-hydrogen) atoms. The fraction of sp³-hybridized carbons (Fsp3) is 0.231. The number of aromatic nitrogens is 4. The van der Waals surface area contributed by atoms with Gasteiger partial charge in [-0.3, -0.25) is 4.79 Å². The quantitative estimate of drug-likeness (QED) is 0.694. The van der Waals surface area contributed by atoms with Crippen molar-refractivity contribution in [1.29, 1.82) is 0 Å². The van der Waals surface area contributed by atoms with Crippen molar-refractivity contribution in [1.82, 2.24) is 19.8 Å². The van der Waals surface area contributed by atoms with Crippen LogP contribution >= 0.6 is 23.1 Å².